The third-order valence-electron chi connectivity index (χ3n) is 8.94. The van der Waals surface area contributed by atoms with Crippen LogP contribution in [0.25, 0.3) is 11.0 Å². The lowest BCUT2D eigenvalue weighted by atomic mass is 9.73. The number of benzene rings is 2. The summed E-state index contributed by atoms with van der Waals surface area (Å²) < 4.78 is 36.4. The third-order valence-corrected chi connectivity index (χ3v) is 8.94. The molecule has 2 aromatic heterocycles. The second-order valence-electron chi connectivity index (χ2n) is 12.2. The first kappa shape index (κ1) is 27.6. The van der Waals surface area contributed by atoms with Gasteiger partial charge in [-0.05, 0) is 55.3 Å². The van der Waals surface area contributed by atoms with Crippen LogP contribution in [0.4, 0.5) is 20.5 Å². The monoisotopic (exact) mass is 595 g/mol. The van der Waals surface area contributed by atoms with Crippen molar-refractivity contribution in [2.75, 3.05) is 36.0 Å². The van der Waals surface area contributed by atoms with Gasteiger partial charge in [0.25, 0.3) is 5.88 Å². The van der Waals surface area contributed by atoms with Crippen molar-refractivity contribution >= 4 is 28.8 Å². The van der Waals surface area contributed by atoms with Gasteiger partial charge in [0.15, 0.2) is 5.82 Å². The van der Waals surface area contributed by atoms with Crippen molar-refractivity contribution in [1.82, 2.24) is 14.5 Å². The maximum atomic E-state index is 14.5. The molecule has 12 heteroatoms. The van der Waals surface area contributed by atoms with Gasteiger partial charge < -0.3 is 24.2 Å². The summed E-state index contributed by atoms with van der Waals surface area (Å²) in [5.41, 5.74) is 1.95. The second kappa shape index (κ2) is 10.2. The molecule has 10 nitrogen and oxygen atoms in total. The molecular weight excluding hydrogens is 568 g/mol. The number of hydrogen-bond donors (Lipinski definition) is 1. The van der Waals surface area contributed by atoms with E-state index in [1.807, 2.05) is 11.0 Å². The lowest BCUT2D eigenvalue weighted by Crippen LogP contribution is -2.73. The zero-order valence-corrected chi connectivity index (χ0v) is 23.6. The normalized spacial score (nSPS) is 17.5. The molecule has 0 bridgehead atoms. The van der Waals surface area contributed by atoms with Crippen LogP contribution in [0.1, 0.15) is 40.7 Å². The maximum Gasteiger partial charge on any atom is 0.335 e. The number of carboxylic acid groups (broad SMARTS) is 1. The first-order chi connectivity index (χ1) is 21.2. The Kier molecular flexibility index (Phi) is 6.39. The van der Waals surface area contributed by atoms with Crippen molar-refractivity contribution in [2.45, 2.75) is 32.4 Å². The molecule has 0 amide bonds. The highest BCUT2D eigenvalue weighted by Gasteiger charge is 2.54. The van der Waals surface area contributed by atoms with Gasteiger partial charge in [0.05, 0.1) is 34.3 Å². The molecule has 4 heterocycles. The topological polar surface area (TPSA) is 131 Å². The molecule has 1 spiro atoms. The quantitative estimate of drug-likeness (QED) is 0.288. The van der Waals surface area contributed by atoms with Gasteiger partial charge in [-0.2, -0.15) is 15.5 Å². The Morgan fingerprint density at radius 2 is 1.75 bits per heavy atom. The van der Waals surface area contributed by atoms with Crippen LogP contribution >= 0.6 is 0 Å². The molecule has 3 fully saturated rings. The summed E-state index contributed by atoms with van der Waals surface area (Å²) >= 11 is 0. The van der Waals surface area contributed by atoms with Crippen LogP contribution in [0, 0.1) is 45.1 Å². The largest absolute Gasteiger partial charge is 0.478 e. The third kappa shape index (κ3) is 4.82. The number of nitriles is 2. The summed E-state index contributed by atoms with van der Waals surface area (Å²) in [5, 5.41) is 27.9. The minimum Gasteiger partial charge on any atom is -0.478 e. The van der Waals surface area contributed by atoms with Gasteiger partial charge in [0.2, 0.25) is 5.95 Å². The van der Waals surface area contributed by atoms with E-state index in [4.69, 9.17) is 15.0 Å². The lowest BCUT2D eigenvalue weighted by molar-refractivity contribution is 0.0697. The van der Waals surface area contributed by atoms with Gasteiger partial charge >= 0.3 is 5.97 Å². The van der Waals surface area contributed by atoms with Gasteiger partial charge in [-0.25, -0.2) is 18.6 Å². The number of carboxylic acids is 1. The molecular formula is C32H27F2N7O3. The molecule has 3 aliphatic rings. The molecule has 1 aliphatic carbocycles. The number of ether oxygens (including phenoxy) is 1. The minimum absolute atomic E-state index is 0.00180. The van der Waals surface area contributed by atoms with Gasteiger partial charge in [-0.3, -0.25) is 0 Å². The number of hydrogen-bond acceptors (Lipinski definition) is 8. The van der Waals surface area contributed by atoms with Crippen molar-refractivity contribution in [2.24, 2.45) is 10.8 Å². The van der Waals surface area contributed by atoms with E-state index in [-0.39, 0.29) is 40.0 Å². The van der Waals surface area contributed by atoms with Crippen molar-refractivity contribution in [3.05, 3.63) is 76.9 Å². The molecule has 2 saturated heterocycles. The fourth-order valence-electron chi connectivity index (χ4n) is 6.31. The molecule has 7 rings (SSSR count). The predicted octanol–water partition coefficient (Wildman–Crippen LogP) is 4.88. The number of anilines is 2. The highest BCUT2D eigenvalue weighted by atomic mass is 19.1. The Balaban J connectivity index is 1.04. The van der Waals surface area contributed by atoms with E-state index >= 15 is 0 Å². The summed E-state index contributed by atoms with van der Waals surface area (Å²) in [7, 11) is 0. The average molecular weight is 596 g/mol. The molecule has 222 valence electrons. The van der Waals surface area contributed by atoms with E-state index in [2.05, 4.69) is 20.5 Å². The van der Waals surface area contributed by atoms with E-state index in [9.17, 15) is 23.9 Å². The van der Waals surface area contributed by atoms with Crippen LogP contribution in [0.15, 0.2) is 48.5 Å². The van der Waals surface area contributed by atoms with Gasteiger partial charge in [0.1, 0.15) is 18.2 Å². The molecule has 1 saturated carbocycles. The summed E-state index contributed by atoms with van der Waals surface area (Å²) in [6, 6.07) is 16.0. The molecule has 2 aromatic carbocycles. The number of rotatable bonds is 9. The van der Waals surface area contributed by atoms with E-state index in [0.717, 1.165) is 49.0 Å². The minimum atomic E-state index is -0.999. The fourth-order valence-corrected chi connectivity index (χ4v) is 6.31. The predicted molar refractivity (Wildman–Crippen MR) is 155 cm³/mol. The zero-order chi connectivity index (χ0) is 30.6. The maximum absolute atomic E-state index is 14.5. The molecule has 44 heavy (non-hydrogen) atoms. The van der Waals surface area contributed by atoms with Crippen LogP contribution in [-0.4, -0.2) is 51.8 Å². The molecule has 2 aliphatic heterocycles. The number of carbonyl (C=O) groups is 1. The van der Waals surface area contributed by atoms with Crippen molar-refractivity contribution < 1.29 is 23.4 Å². The second-order valence-corrected chi connectivity index (χ2v) is 12.2. The summed E-state index contributed by atoms with van der Waals surface area (Å²) in [6.45, 7) is 3.27. The van der Waals surface area contributed by atoms with Crippen molar-refractivity contribution in [1.29, 1.82) is 10.5 Å². The summed E-state index contributed by atoms with van der Waals surface area (Å²) in [5.74, 6) is -1.13. The van der Waals surface area contributed by atoms with E-state index in [1.54, 1.807) is 24.3 Å². The smallest absolute Gasteiger partial charge is 0.335 e. The Hall–Kier alpha value is -5.23. The number of aromatic carboxylic acids is 1. The van der Waals surface area contributed by atoms with Gasteiger partial charge in [-0.1, -0.05) is 6.07 Å². The Labute approximate surface area is 251 Å². The number of halogens is 2. The van der Waals surface area contributed by atoms with E-state index < -0.39 is 17.6 Å². The SMILES string of the molecule is N#CCC1(Cn2c(N3CC4(CN(c5ccc(F)c(OCc6ccc(C#N)cc6F)n5)C4)C3)nc3ccc(C(=O)O)cc32)CC1. The fraction of sp³-hybridized carbons (Fsp3) is 0.344. The number of pyridine rings is 1. The first-order valence-corrected chi connectivity index (χ1v) is 14.3. The van der Waals surface area contributed by atoms with Gasteiger partial charge in [0, 0.05) is 55.5 Å². The number of nitrogens with zero attached hydrogens (tertiary/aromatic N) is 7. The molecule has 0 unspecified atom stereocenters. The standard InChI is InChI=1S/C32H27F2N7O3/c33-23-4-6-27(38-28(23)44-14-22-2-1-20(13-36)11-24(22)34)39-15-32(16-39)17-40(18-32)30-37-25-5-3-21(29(42)43)12-26(25)41(30)19-31(7-8-31)9-10-35/h1-6,11-12H,7-9,14-19H2,(H,42,43). The van der Waals surface area contributed by atoms with Crippen molar-refractivity contribution in [3.8, 4) is 18.0 Å². The van der Waals surface area contributed by atoms with Crippen LogP contribution in [0.2, 0.25) is 0 Å². The lowest BCUT2D eigenvalue weighted by Gasteiger charge is -2.60. The Morgan fingerprint density at radius 1 is 0.977 bits per heavy atom. The highest BCUT2D eigenvalue weighted by molar-refractivity contribution is 5.93. The molecule has 4 aromatic rings. The number of aromatic nitrogens is 3. The number of imidazole rings is 1. The summed E-state index contributed by atoms with van der Waals surface area (Å²) in [6.07, 6.45) is 2.36. The zero-order valence-electron chi connectivity index (χ0n) is 23.6. The Morgan fingerprint density at radius 3 is 2.43 bits per heavy atom. The van der Waals surface area contributed by atoms with Crippen LogP contribution < -0.4 is 14.5 Å². The van der Waals surface area contributed by atoms with E-state index in [1.165, 1.54) is 18.2 Å². The molecule has 0 atom stereocenters. The molecule has 0 radical (unpaired) electrons. The van der Waals surface area contributed by atoms with Gasteiger partial charge in [-0.15, -0.1) is 0 Å². The average Bonchev–Trinajstić information content (AvgIpc) is 3.64. The summed E-state index contributed by atoms with van der Waals surface area (Å²) in [4.78, 5) is 25.1. The number of fused-ring (bicyclic) bond motifs is 1. The van der Waals surface area contributed by atoms with Crippen molar-refractivity contribution in [3.63, 3.8) is 0 Å². The van der Waals surface area contributed by atoms with E-state index in [0.29, 0.717) is 31.9 Å². The van der Waals surface area contributed by atoms with Crippen LogP contribution in [0.5, 0.6) is 5.88 Å². The highest BCUT2D eigenvalue weighted by Crippen LogP contribution is 2.52. The Bertz CT molecular complexity index is 1890. The van der Waals surface area contributed by atoms with Crippen LogP contribution in [-0.2, 0) is 13.2 Å². The van der Waals surface area contributed by atoms with Crippen LogP contribution in [0.3, 0.4) is 0 Å². The molecule has 1 N–H and O–H groups in total. The first-order valence-electron chi connectivity index (χ1n) is 14.3.